The van der Waals surface area contributed by atoms with E-state index in [1.54, 1.807) is 12.1 Å². The Morgan fingerprint density at radius 2 is 0.568 bits per heavy atom. The van der Waals surface area contributed by atoms with E-state index in [1.807, 2.05) is 140 Å². The molecule has 0 saturated heterocycles. The van der Waals surface area contributed by atoms with E-state index in [9.17, 15) is 27.4 Å². The van der Waals surface area contributed by atoms with Crippen LogP contribution in [0.15, 0.2) is 448 Å². The average molecular weight is 1610 g/mol. The number of para-hydroxylation sites is 6. The van der Waals surface area contributed by atoms with Crippen LogP contribution in [0, 0.1) is 0 Å². The molecule has 25 rings (SSSR count). The Kier molecular flexibility index (Phi) is 12.2. The van der Waals surface area contributed by atoms with Gasteiger partial charge in [-0.05, 0) is 189 Å². The Balaban J connectivity index is 0.890. The largest absolute Gasteiger partial charge is 0.310 e. The summed E-state index contributed by atoms with van der Waals surface area (Å²) in [6.45, 7) is 4.38. The predicted octanol–water partition coefficient (Wildman–Crippen LogP) is 28.7. The molecule has 125 heavy (non-hydrogen) atoms. The van der Waals surface area contributed by atoms with Crippen LogP contribution in [0.1, 0.15) is 98.3 Å². The van der Waals surface area contributed by atoms with Gasteiger partial charge in [-0.3, -0.25) is 0 Å². The number of benzene rings is 19. The van der Waals surface area contributed by atoms with Crippen molar-refractivity contribution in [1.82, 2.24) is 9.13 Å². The minimum atomic E-state index is -1.46. The van der Waals surface area contributed by atoms with Crippen LogP contribution in [0.25, 0.3) is 122 Å². The van der Waals surface area contributed by atoms with Crippen LogP contribution in [0.2, 0.25) is 0 Å². The Bertz CT molecular complexity index is 8760. The smallest absolute Gasteiger partial charge is 0.252 e. The second kappa shape index (κ2) is 28.0. The molecule has 0 unspecified atom stereocenters. The summed E-state index contributed by atoms with van der Waals surface area (Å²) < 4.78 is 205. The topological polar surface area (TPSA) is 16.3 Å². The van der Waals surface area contributed by atoms with Gasteiger partial charge in [0.1, 0.15) is 0 Å². The zero-order valence-corrected chi connectivity index (χ0v) is 68.0. The third-order valence-electron chi connectivity index (χ3n) is 26.2. The van der Waals surface area contributed by atoms with Gasteiger partial charge in [-0.1, -0.05) is 397 Å². The molecular formula is C120H83BN4. The zero-order chi connectivity index (χ0) is 100. The first kappa shape index (κ1) is 54.7. The SMILES string of the molecule is [2H]c1cc(-n2c3c([2H])c([2H])c([2H])c([2H])c3c3c([2H])c([2H])c([2H])c([2H])c32)cc2c1B1c3c([2H])cc(-n4c5c([2H])c([2H])c([2H])c([2H])c5c5c([2H])c([2H])c([2H])c([2H])c54)cc3N(c3c(-c4ccc5c(c4)-c4ccccc4C5(c4ccccc4)c4ccccc4)cccc3-c3ccc4c(c3)-c3ccccc3C4(c3ccccc3)c3ccccc3)c3c([2H])c(C(C)(C)C)c([2H])c(c31)N2c1c(-c2ccccc2)cccc1-c1ccccc1. The van der Waals surface area contributed by atoms with Gasteiger partial charge in [-0.2, -0.15) is 0 Å². The number of nitrogens with zero attached hydrogens (tertiary/aromatic N) is 4. The fraction of sp³-hybridized carbons (Fsp3) is 0.0500. The molecule has 0 fully saturated rings. The highest BCUT2D eigenvalue weighted by Gasteiger charge is 2.50. The lowest BCUT2D eigenvalue weighted by atomic mass is 9.33. The average Bonchev–Trinajstić information content (AvgIpc) is 1.15. The molecule has 4 nitrogen and oxygen atoms in total. The van der Waals surface area contributed by atoms with E-state index in [0.717, 1.165) is 66.8 Å². The molecule has 19 aromatic carbocycles. The minimum absolute atomic E-state index is 0.00715. The van der Waals surface area contributed by atoms with Gasteiger partial charge in [-0.15, -0.1) is 0 Å². The van der Waals surface area contributed by atoms with E-state index in [-0.39, 0.29) is 124 Å². The van der Waals surface area contributed by atoms with Crippen molar-refractivity contribution in [3.63, 3.8) is 0 Å². The van der Waals surface area contributed by atoms with Gasteiger partial charge in [0.05, 0.1) is 71.7 Å². The second-order valence-corrected chi connectivity index (χ2v) is 33.7. The maximum absolute atomic E-state index is 12.1. The number of hydrogen-bond acceptors (Lipinski definition) is 2. The molecule has 4 heterocycles. The van der Waals surface area contributed by atoms with E-state index in [1.165, 1.54) is 21.3 Å². The van der Waals surface area contributed by atoms with Crippen LogP contribution in [0.3, 0.4) is 0 Å². The highest BCUT2D eigenvalue weighted by molar-refractivity contribution is 7.00. The standard InChI is InChI=1S/C120H83BN4/c1-118(2,3)86-74-113-115-114(75-86)125(117-91(80-64-68-103-99(72-80)93-48-22-28-58-101(93)119(103,82-40-14-6-15-41-82)83-42-16-7-17-43-83)56-35-57-92(117)81-65-69-104-100(73-81)94-49-23-29-59-102(94)120(104,84-44-18-8-19-45-84)85-46-20-9-21-47-85)112-77-88(123-109-62-32-26-52-97(109)98-53-27-33-63-110(98)123)67-71-106(112)121(115)105-70-66-87(122-107-60-30-24-50-95(107)96-51-25-31-61-108(96)122)76-111(105)124(113)116-89(78-36-10-4-11-37-78)54-34-55-90(116)79-38-12-5-13-39-79/h4-77H,1-3H3/i24D,25D,26D,27D,30D,31D,32D,33D,50D,51D,52D,53D,60D,61D,62D,63D,70D,71D,74D,75D. The number of rotatable bonds is 12. The maximum atomic E-state index is 12.1. The molecule has 2 aromatic heterocycles. The third-order valence-corrected chi connectivity index (χ3v) is 26.2. The van der Waals surface area contributed by atoms with E-state index in [0.29, 0.717) is 55.9 Å². The summed E-state index contributed by atoms with van der Waals surface area (Å²) in [5.41, 5.74) is 15.6. The number of fused-ring (bicyclic) bond motifs is 16. The fourth-order valence-electron chi connectivity index (χ4n) is 21.0. The third kappa shape index (κ3) is 10.6. The molecule has 4 aliphatic rings. The highest BCUT2D eigenvalue weighted by atomic mass is 15.2. The number of hydrogen-bond donors (Lipinski definition) is 0. The lowest BCUT2D eigenvalue weighted by molar-refractivity contribution is 0.590. The first-order valence-corrected chi connectivity index (χ1v) is 42.2. The Hall–Kier alpha value is -15.6. The second-order valence-electron chi connectivity index (χ2n) is 33.7. The van der Waals surface area contributed by atoms with Gasteiger partial charge >= 0.3 is 0 Å². The molecule has 0 radical (unpaired) electrons. The lowest BCUT2D eigenvalue weighted by Gasteiger charge is -2.46. The van der Waals surface area contributed by atoms with Gasteiger partial charge in [0.2, 0.25) is 0 Å². The summed E-state index contributed by atoms with van der Waals surface area (Å²) >= 11 is 0. The Morgan fingerprint density at radius 3 is 0.920 bits per heavy atom. The first-order chi connectivity index (χ1) is 70.0. The predicted molar refractivity (Wildman–Crippen MR) is 524 cm³/mol. The molecule has 0 saturated carbocycles. The van der Waals surface area contributed by atoms with Crippen molar-refractivity contribution in [3.05, 3.63) is 499 Å². The Labute approximate surface area is 757 Å². The van der Waals surface area contributed by atoms with Crippen molar-refractivity contribution < 1.29 is 27.4 Å². The molecule has 21 aromatic rings. The van der Waals surface area contributed by atoms with Gasteiger partial charge in [0.15, 0.2) is 0 Å². The quantitative estimate of drug-likeness (QED) is 0.113. The zero-order valence-electron chi connectivity index (χ0n) is 88.0. The molecule has 2 aliphatic heterocycles. The summed E-state index contributed by atoms with van der Waals surface area (Å²) in [4.78, 5) is 3.98. The van der Waals surface area contributed by atoms with Crippen molar-refractivity contribution >= 4 is 101 Å². The van der Waals surface area contributed by atoms with Crippen molar-refractivity contribution in [2.75, 3.05) is 9.80 Å². The van der Waals surface area contributed by atoms with Gasteiger partial charge in [-0.25, -0.2) is 0 Å². The van der Waals surface area contributed by atoms with Crippen LogP contribution in [-0.4, -0.2) is 15.8 Å². The summed E-state index contributed by atoms with van der Waals surface area (Å²) in [6, 6.07) is 99.2. The summed E-state index contributed by atoms with van der Waals surface area (Å²) in [5.74, 6) is 0. The van der Waals surface area contributed by atoms with E-state index in [2.05, 4.69) is 194 Å². The lowest BCUT2D eigenvalue weighted by Crippen LogP contribution is -2.61. The molecule has 0 N–H and O–H groups in total. The van der Waals surface area contributed by atoms with Gasteiger partial charge in [0, 0.05) is 77.9 Å². The van der Waals surface area contributed by atoms with Gasteiger partial charge in [0.25, 0.3) is 6.71 Å². The monoisotopic (exact) mass is 1610 g/mol. The van der Waals surface area contributed by atoms with Crippen LogP contribution in [0.5, 0.6) is 0 Å². The van der Waals surface area contributed by atoms with E-state index in [4.69, 9.17) is 0 Å². The van der Waals surface area contributed by atoms with Crippen LogP contribution < -0.4 is 26.2 Å². The summed E-state index contributed by atoms with van der Waals surface area (Å²) in [6.07, 6.45) is 0. The molecule has 0 bridgehead atoms. The summed E-state index contributed by atoms with van der Waals surface area (Å²) in [5, 5.41) is -0.865. The minimum Gasteiger partial charge on any atom is -0.310 e. The molecule has 0 amide bonds. The molecule has 0 atom stereocenters. The van der Waals surface area contributed by atoms with Crippen molar-refractivity contribution in [1.29, 1.82) is 0 Å². The number of anilines is 6. The van der Waals surface area contributed by atoms with Gasteiger partial charge < -0.3 is 18.9 Å². The van der Waals surface area contributed by atoms with Crippen molar-refractivity contribution in [2.45, 2.75) is 37.0 Å². The molecular weight excluding hydrogens is 1510 g/mol. The molecule has 586 valence electrons. The fourth-order valence-corrected chi connectivity index (χ4v) is 21.0. The first-order valence-electron chi connectivity index (χ1n) is 52.2. The number of aromatic nitrogens is 2. The van der Waals surface area contributed by atoms with Crippen molar-refractivity contribution in [3.8, 4) is 78.1 Å². The van der Waals surface area contributed by atoms with Crippen LogP contribution in [0.4, 0.5) is 34.1 Å². The van der Waals surface area contributed by atoms with Crippen molar-refractivity contribution in [2.24, 2.45) is 0 Å². The summed E-state index contributed by atoms with van der Waals surface area (Å²) in [7, 11) is 0. The normalized spacial score (nSPS) is 15.9. The molecule has 5 heteroatoms. The van der Waals surface area contributed by atoms with E-state index >= 15 is 0 Å². The molecule has 0 spiro atoms. The Morgan fingerprint density at radius 1 is 0.264 bits per heavy atom. The maximum Gasteiger partial charge on any atom is 0.252 e. The van der Waals surface area contributed by atoms with Crippen LogP contribution >= 0.6 is 0 Å². The highest BCUT2D eigenvalue weighted by Crippen LogP contribution is 2.62. The van der Waals surface area contributed by atoms with Crippen LogP contribution in [-0.2, 0) is 16.2 Å². The van der Waals surface area contributed by atoms with E-state index < -0.39 is 120 Å². The molecule has 2 aliphatic carbocycles.